The van der Waals surface area contributed by atoms with Crippen LogP contribution in [-0.4, -0.2) is 19.0 Å². The van der Waals surface area contributed by atoms with E-state index >= 15 is 0 Å². The van der Waals surface area contributed by atoms with Gasteiger partial charge >= 0.3 is 11.9 Å². The summed E-state index contributed by atoms with van der Waals surface area (Å²) >= 11 is 0. The van der Waals surface area contributed by atoms with Crippen LogP contribution in [0.25, 0.3) is 5.57 Å². The summed E-state index contributed by atoms with van der Waals surface area (Å²) in [6.07, 6.45) is 1.12. The van der Waals surface area contributed by atoms with Gasteiger partial charge in [0.15, 0.2) is 0 Å². The Morgan fingerprint density at radius 3 is 1.83 bits per heavy atom. The van der Waals surface area contributed by atoms with E-state index in [9.17, 15) is 9.59 Å². The molecule has 0 fully saturated rings. The smallest absolute Gasteiger partial charge is 0.342 e. The van der Waals surface area contributed by atoms with Crippen molar-refractivity contribution in [2.24, 2.45) is 0 Å². The Labute approximate surface area is 135 Å². The van der Waals surface area contributed by atoms with Gasteiger partial charge < -0.3 is 9.47 Å². The van der Waals surface area contributed by atoms with Crippen molar-refractivity contribution in [3.8, 4) is 0 Å². The Morgan fingerprint density at radius 2 is 1.39 bits per heavy atom. The van der Waals surface area contributed by atoms with Crippen LogP contribution in [0.3, 0.4) is 0 Å². The van der Waals surface area contributed by atoms with E-state index in [0.717, 1.165) is 11.8 Å². The zero-order chi connectivity index (χ0) is 17.1. The van der Waals surface area contributed by atoms with Gasteiger partial charge in [-0.15, -0.1) is 0 Å². The first-order valence-electron chi connectivity index (χ1n) is 6.79. The summed E-state index contributed by atoms with van der Waals surface area (Å²) in [5, 5.41) is 0. The molecule has 4 nitrogen and oxygen atoms in total. The minimum Gasteiger partial charge on any atom is -0.465 e. The summed E-state index contributed by atoms with van der Waals surface area (Å²) in [5.74, 6) is -0.762. The molecule has 118 valence electrons. The number of methoxy groups -OCH3 is 1. The molecule has 0 saturated heterocycles. The van der Waals surface area contributed by atoms with Crippen LogP contribution in [-0.2, 0) is 14.3 Å². The van der Waals surface area contributed by atoms with Crippen molar-refractivity contribution in [3.05, 3.63) is 91.2 Å². The van der Waals surface area contributed by atoms with Crippen molar-refractivity contribution in [1.29, 1.82) is 0 Å². The summed E-state index contributed by atoms with van der Waals surface area (Å²) in [5.41, 5.74) is 1.72. The predicted octanol–water partition coefficient (Wildman–Crippen LogP) is 3.86. The average Bonchev–Trinajstić information content (AvgIpc) is 2.62. The van der Waals surface area contributed by atoms with E-state index in [1.54, 1.807) is 24.3 Å². The number of rotatable bonds is 4. The molecular weight excluding hydrogens is 292 g/mol. The van der Waals surface area contributed by atoms with Crippen molar-refractivity contribution < 1.29 is 19.1 Å². The Morgan fingerprint density at radius 1 is 0.913 bits per heavy atom. The fraction of sp³-hybridized carbons (Fsp3) is 0.0526. The topological polar surface area (TPSA) is 52.6 Å². The second kappa shape index (κ2) is 9.73. The molecule has 2 aromatic carbocycles. The number of carbonyl (C=O) groups is 2. The van der Waals surface area contributed by atoms with E-state index in [2.05, 4.69) is 22.6 Å². The highest BCUT2D eigenvalue weighted by molar-refractivity contribution is 6.15. The second-order valence-corrected chi connectivity index (χ2v) is 4.27. The van der Waals surface area contributed by atoms with Crippen molar-refractivity contribution in [2.45, 2.75) is 0 Å². The molecule has 0 aliphatic heterocycles. The standard InChI is InChI=1S/C10H10O2.C9H8O2/c1-8(10(11)12-2)9-6-4-3-5-7-9;1-2-11-9(10)8-6-4-3-5-7-8/h3-7H,1H2,2H3;2-7H,1H2. The Hall–Kier alpha value is -3.14. The van der Waals surface area contributed by atoms with E-state index in [0.29, 0.717) is 11.1 Å². The van der Waals surface area contributed by atoms with E-state index < -0.39 is 0 Å². The lowest BCUT2D eigenvalue weighted by molar-refractivity contribution is -0.133. The predicted molar refractivity (Wildman–Crippen MR) is 89.5 cm³/mol. The third kappa shape index (κ3) is 6.01. The molecule has 0 N–H and O–H groups in total. The first-order valence-corrected chi connectivity index (χ1v) is 6.79. The Bertz CT molecular complexity index is 660. The number of esters is 2. The number of benzene rings is 2. The van der Waals surface area contributed by atoms with Gasteiger partial charge in [0, 0.05) is 0 Å². The van der Waals surface area contributed by atoms with Gasteiger partial charge in [-0.1, -0.05) is 61.7 Å². The number of hydrogen-bond acceptors (Lipinski definition) is 4. The molecular formula is C19H18O4. The highest BCUT2D eigenvalue weighted by atomic mass is 16.5. The van der Waals surface area contributed by atoms with Gasteiger partial charge in [0.2, 0.25) is 0 Å². The molecule has 0 bridgehead atoms. The number of ether oxygens (including phenoxy) is 2. The van der Waals surface area contributed by atoms with Gasteiger partial charge in [0.25, 0.3) is 0 Å². The normalized spacial score (nSPS) is 8.91. The van der Waals surface area contributed by atoms with E-state index in [1.807, 2.05) is 36.4 Å². The first kappa shape index (κ1) is 17.9. The minimum atomic E-state index is -0.388. The average molecular weight is 310 g/mol. The van der Waals surface area contributed by atoms with Crippen LogP contribution >= 0.6 is 0 Å². The lowest BCUT2D eigenvalue weighted by Crippen LogP contribution is -2.01. The van der Waals surface area contributed by atoms with Crippen molar-refractivity contribution in [3.63, 3.8) is 0 Å². The van der Waals surface area contributed by atoms with E-state index in [-0.39, 0.29) is 11.9 Å². The first-order chi connectivity index (χ1) is 11.1. The summed E-state index contributed by atoms with van der Waals surface area (Å²) in [4.78, 5) is 21.9. The highest BCUT2D eigenvalue weighted by Gasteiger charge is 2.07. The van der Waals surface area contributed by atoms with Crippen LogP contribution in [0.5, 0.6) is 0 Å². The molecule has 2 rings (SSSR count). The van der Waals surface area contributed by atoms with E-state index in [4.69, 9.17) is 0 Å². The van der Waals surface area contributed by atoms with Crippen LogP contribution in [0.1, 0.15) is 15.9 Å². The number of hydrogen-bond donors (Lipinski definition) is 0. The molecule has 0 spiro atoms. The maximum Gasteiger partial charge on any atom is 0.342 e. The van der Waals surface area contributed by atoms with Gasteiger partial charge in [-0.3, -0.25) is 0 Å². The van der Waals surface area contributed by atoms with Crippen LogP contribution in [0.2, 0.25) is 0 Å². The van der Waals surface area contributed by atoms with Crippen molar-refractivity contribution in [1.82, 2.24) is 0 Å². The number of carbonyl (C=O) groups excluding carboxylic acids is 2. The fourth-order valence-corrected chi connectivity index (χ4v) is 1.60. The fourth-order valence-electron chi connectivity index (χ4n) is 1.60. The summed E-state index contributed by atoms with van der Waals surface area (Å²) in [6, 6.07) is 18.0. The molecule has 0 atom stereocenters. The van der Waals surface area contributed by atoms with Crippen molar-refractivity contribution >= 4 is 17.5 Å². The second-order valence-electron chi connectivity index (χ2n) is 4.27. The van der Waals surface area contributed by atoms with Gasteiger partial charge in [-0.25, -0.2) is 9.59 Å². The summed E-state index contributed by atoms with van der Waals surface area (Å²) < 4.78 is 9.08. The molecule has 0 unspecified atom stereocenters. The zero-order valence-corrected chi connectivity index (χ0v) is 12.9. The molecule has 0 aromatic heterocycles. The lowest BCUT2D eigenvalue weighted by Gasteiger charge is -2.01. The zero-order valence-electron chi connectivity index (χ0n) is 12.9. The maximum atomic E-state index is 11.0. The lowest BCUT2D eigenvalue weighted by atomic mass is 10.1. The summed E-state index contributed by atoms with van der Waals surface area (Å²) in [7, 11) is 1.34. The third-order valence-corrected chi connectivity index (χ3v) is 2.75. The van der Waals surface area contributed by atoms with Gasteiger partial charge in [0.1, 0.15) is 0 Å². The molecule has 0 aliphatic rings. The van der Waals surface area contributed by atoms with Crippen LogP contribution < -0.4 is 0 Å². The Balaban J connectivity index is 0.000000231. The molecule has 4 heteroatoms. The quantitative estimate of drug-likeness (QED) is 0.489. The van der Waals surface area contributed by atoms with Gasteiger partial charge in [-0.05, 0) is 17.7 Å². The van der Waals surface area contributed by atoms with Crippen LogP contribution in [0.4, 0.5) is 0 Å². The Kier molecular flexibility index (Phi) is 7.58. The van der Waals surface area contributed by atoms with Crippen molar-refractivity contribution in [2.75, 3.05) is 7.11 Å². The van der Waals surface area contributed by atoms with Crippen LogP contribution in [0.15, 0.2) is 80.1 Å². The molecule has 0 amide bonds. The largest absolute Gasteiger partial charge is 0.465 e. The van der Waals surface area contributed by atoms with Crippen LogP contribution in [0, 0.1) is 0 Å². The van der Waals surface area contributed by atoms with Gasteiger partial charge in [0.05, 0.1) is 24.5 Å². The van der Waals surface area contributed by atoms with E-state index in [1.165, 1.54) is 7.11 Å². The minimum absolute atomic E-state index is 0.374. The molecule has 0 radical (unpaired) electrons. The molecule has 0 aliphatic carbocycles. The molecule has 0 saturated carbocycles. The monoisotopic (exact) mass is 310 g/mol. The molecule has 2 aromatic rings. The van der Waals surface area contributed by atoms with Gasteiger partial charge in [-0.2, -0.15) is 0 Å². The molecule has 23 heavy (non-hydrogen) atoms. The highest BCUT2D eigenvalue weighted by Crippen LogP contribution is 2.12. The SMILES string of the molecule is C=C(C(=O)OC)c1ccccc1.C=COC(=O)c1ccccc1. The maximum absolute atomic E-state index is 11.0. The summed E-state index contributed by atoms with van der Waals surface area (Å²) in [6.45, 7) is 6.90. The molecule has 0 heterocycles. The third-order valence-electron chi connectivity index (χ3n) is 2.75.